The number of carbonyl (C=O) groups is 1. The fourth-order valence-corrected chi connectivity index (χ4v) is 3.44. The van der Waals surface area contributed by atoms with Crippen molar-refractivity contribution in [2.24, 2.45) is 0 Å². The van der Waals surface area contributed by atoms with Gasteiger partial charge in [-0.15, -0.1) is 16.4 Å². The van der Waals surface area contributed by atoms with Crippen molar-refractivity contribution >= 4 is 33.1 Å². The predicted molar refractivity (Wildman–Crippen MR) is 86.6 cm³/mol. The van der Waals surface area contributed by atoms with Gasteiger partial charge in [-0.05, 0) is 34.0 Å². The van der Waals surface area contributed by atoms with Crippen molar-refractivity contribution in [3.05, 3.63) is 17.1 Å². The molecule has 2 aromatic heterocycles. The van der Waals surface area contributed by atoms with E-state index < -0.39 is 0 Å². The van der Waals surface area contributed by atoms with Crippen molar-refractivity contribution in [1.29, 1.82) is 0 Å². The average molecular weight is 307 g/mol. The highest BCUT2D eigenvalue weighted by atomic mass is 32.1. The molecule has 7 heteroatoms. The number of rotatable bonds is 5. The summed E-state index contributed by atoms with van der Waals surface area (Å²) < 4.78 is 0. The zero-order valence-corrected chi connectivity index (χ0v) is 13.6. The Bertz CT molecular complexity index is 639. The predicted octanol–water partition coefficient (Wildman–Crippen LogP) is 1.69. The molecular formula is C14H21N5OS. The van der Waals surface area contributed by atoms with Crippen LogP contribution in [0.1, 0.15) is 23.5 Å². The van der Waals surface area contributed by atoms with Crippen molar-refractivity contribution in [3.8, 4) is 0 Å². The molecule has 2 N–H and O–H groups in total. The van der Waals surface area contributed by atoms with E-state index in [1.165, 1.54) is 11.3 Å². The third-order valence-corrected chi connectivity index (χ3v) is 4.47. The van der Waals surface area contributed by atoms with Gasteiger partial charge in [0.15, 0.2) is 0 Å². The Balaban J connectivity index is 2.33. The normalized spacial score (nSPS) is 12.8. The Kier molecular flexibility index (Phi) is 4.74. The summed E-state index contributed by atoms with van der Waals surface area (Å²) in [5.41, 5.74) is 6.62. The number of nitrogens with two attached hydrogens (primary N) is 1. The Labute approximate surface area is 128 Å². The third-order valence-electron chi connectivity index (χ3n) is 3.38. The average Bonchev–Trinajstić information content (AvgIpc) is 2.76. The number of aromatic nitrogens is 2. The second-order valence-corrected chi connectivity index (χ2v) is 6.30. The molecule has 2 rings (SSSR count). The number of anilines is 1. The van der Waals surface area contributed by atoms with E-state index in [0.29, 0.717) is 21.9 Å². The lowest BCUT2D eigenvalue weighted by atomic mass is 10.2. The molecule has 0 aliphatic heterocycles. The van der Waals surface area contributed by atoms with Crippen molar-refractivity contribution in [2.75, 3.05) is 32.9 Å². The van der Waals surface area contributed by atoms with Crippen LogP contribution >= 0.6 is 11.3 Å². The van der Waals surface area contributed by atoms with Gasteiger partial charge in [0, 0.05) is 24.5 Å². The van der Waals surface area contributed by atoms with E-state index in [4.69, 9.17) is 5.73 Å². The van der Waals surface area contributed by atoms with Crippen LogP contribution in [-0.4, -0.2) is 59.1 Å². The summed E-state index contributed by atoms with van der Waals surface area (Å²) in [4.78, 5) is 17.9. The van der Waals surface area contributed by atoms with Gasteiger partial charge in [0.2, 0.25) is 0 Å². The minimum Gasteiger partial charge on any atom is -0.397 e. The van der Waals surface area contributed by atoms with Crippen molar-refractivity contribution in [3.63, 3.8) is 0 Å². The smallest absolute Gasteiger partial charge is 0.266 e. The standard InChI is InChI=1S/C14H21N5OS/c1-5-19(9(2)8-18(3)4)14(20)12-11(15)10-6-7-16-17-13(10)21-12/h6-7,9H,5,8,15H2,1-4H3. The molecule has 1 amide bonds. The number of carbonyl (C=O) groups excluding carboxylic acids is 1. The highest BCUT2D eigenvalue weighted by Gasteiger charge is 2.25. The van der Waals surface area contributed by atoms with Crippen LogP contribution in [0.2, 0.25) is 0 Å². The summed E-state index contributed by atoms with van der Waals surface area (Å²) in [6, 6.07) is 1.91. The largest absolute Gasteiger partial charge is 0.397 e. The summed E-state index contributed by atoms with van der Waals surface area (Å²) >= 11 is 1.31. The van der Waals surface area contributed by atoms with Crippen molar-refractivity contribution in [2.45, 2.75) is 19.9 Å². The van der Waals surface area contributed by atoms with E-state index in [1.54, 1.807) is 12.3 Å². The van der Waals surface area contributed by atoms with E-state index >= 15 is 0 Å². The van der Waals surface area contributed by atoms with Crippen LogP contribution in [0.15, 0.2) is 12.3 Å². The quantitative estimate of drug-likeness (QED) is 0.909. The maximum atomic E-state index is 12.8. The van der Waals surface area contributed by atoms with Crippen LogP contribution < -0.4 is 5.73 Å². The Morgan fingerprint density at radius 1 is 1.48 bits per heavy atom. The van der Waals surface area contributed by atoms with Crippen LogP contribution in [0.3, 0.4) is 0 Å². The highest BCUT2D eigenvalue weighted by molar-refractivity contribution is 7.21. The minimum absolute atomic E-state index is 0.0349. The lowest BCUT2D eigenvalue weighted by Gasteiger charge is -2.29. The monoisotopic (exact) mass is 307 g/mol. The number of nitrogens with zero attached hydrogens (tertiary/aromatic N) is 4. The molecule has 0 fully saturated rings. The first-order chi connectivity index (χ1) is 9.95. The fourth-order valence-electron chi connectivity index (χ4n) is 2.44. The van der Waals surface area contributed by atoms with Gasteiger partial charge in [0.25, 0.3) is 5.91 Å². The molecule has 0 bridgehead atoms. The van der Waals surface area contributed by atoms with E-state index in [9.17, 15) is 4.79 Å². The molecule has 0 aromatic carbocycles. The molecule has 6 nitrogen and oxygen atoms in total. The first kappa shape index (κ1) is 15.7. The molecule has 2 aromatic rings. The van der Waals surface area contributed by atoms with Crippen LogP contribution in [0.25, 0.3) is 10.2 Å². The van der Waals surface area contributed by atoms with Gasteiger partial charge in [-0.3, -0.25) is 4.79 Å². The Morgan fingerprint density at radius 2 is 2.19 bits per heavy atom. The zero-order chi connectivity index (χ0) is 15.6. The molecule has 0 aliphatic carbocycles. The van der Waals surface area contributed by atoms with E-state index in [2.05, 4.69) is 15.1 Å². The van der Waals surface area contributed by atoms with Crippen LogP contribution in [-0.2, 0) is 0 Å². The van der Waals surface area contributed by atoms with Gasteiger partial charge in [0.1, 0.15) is 9.71 Å². The number of hydrogen-bond donors (Lipinski definition) is 1. The maximum absolute atomic E-state index is 12.8. The molecule has 0 aliphatic rings. The van der Waals surface area contributed by atoms with E-state index in [1.807, 2.05) is 32.8 Å². The summed E-state index contributed by atoms with van der Waals surface area (Å²) in [6.45, 7) is 5.48. The van der Waals surface area contributed by atoms with Crippen molar-refractivity contribution < 1.29 is 4.79 Å². The second-order valence-electron chi connectivity index (χ2n) is 5.30. The molecule has 0 saturated heterocycles. The first-order valence-corrected chi connectivity index (χ1v) is 7.72. The third kappa shape index (κ3) is 3.14. The number of hydrogen-bond acceptors (Lipinski definition) is 6. The van der Waals surface area contributed by atoms with Crippen molar-refractivity contribution in [1.82, 2.24) is 20.0 Å². The fraction of sp³-hybridized carbons (Fsp3) is 0.500. The lowest BCUT2D eigenvalue weighted by Crippen LogP contribution is -2.43. The summed E-state index contributed by atoms with van der Waals surface area (Å²) in [5, 5.41) is 8.67. The molecule has 21 heavy (non-hydrogen) atoms. The van der Waals surface area contributed by atoms with Gasteiger partial charge in [-0.1, -0.05) is 0 Å². The van der Waals surface area contributed by atoms with Gasteiger partial charge >= 0.3 is 0 Å². The Morgan fingerprint density at radius 3 is 2.76 bits per heavy atom. The zero-order valence-electron chi connectivity index (χ0n) is 12.8. The summed E-state index contributed by atoms with van der Waals surface area (Å²) in [7, 11) is 4.00. The molecular weight excluding hydrogens is 286 g/mol. The second kappa shape index (κ2) is 6.36. The first-order valence-electron chi connectivity index (χ1n) is 6.91. The number of nitrogen functional groups attached to an aromatic ring is 1. The highest BCUT2D eigenvalue weighted by Crippen LogP contribution is 2.32. The summed E-state index contributed by atoms with van der Waals surface area (Å²) in [6.07, 6.45) is 1.59. The summed E-state index contributed by atoms with van der Waals surface area (Å²) in [5.74, 6) is -0.0349. The topological polar surface area (TPSA) is 75.3 Å². The number of fused-ring (bicyclic) bond motifs is 1. The Hall–Kier alpha value is -1.73. The number of thiophene rings is 1. The van der Waals surface area contributed by atoms with Crippen LogP contribution in [0.4, 0.5) is 5.69 Å². The molecule has 1 unspecified atom stereocenters. The van der Waals surface area contributed by atoms with Crippen LogP contribution in [0, 0.1) is 0 Å². The van der Waals surface area contributed by atoms with Gasteiger partial charge in [-0.2, -0.15) is 5.10 Å². The molecule has 0 spiro atoms. The van der Waals surface area contributed by atoms with Crippen LogP contribution in [0.5, 0.6) is 0 Å². The minimum atomic E-state index is -0.0349. The molecule has 114 valence electrons. The lowest BCUT2D eigenvalue weighted by molar-refractivity contribution is 0.0685. The van der Waals surface area contributed by atoms with Gasteiger partial charge < -0.3 is 15.5 Å². The van der Waals surface area contributed by atoms with Gasteiger partial charge in [-0.25, -0.2) is 0 Å². The molecule has 0 radical (unpaired) electrons. The molecule has 0 saturated carbocycles. The SMILES string of the molecule is CCN(C(=O)c1sc2nnccc2c1N)C(C)CN(C)C. The molecule has 1 atom stereocenters. The number of amides is 1. The van der Waals surface area contributed by atoms with Gasteiger partial charge in [0.05, 0.1) is 11.9 Å². The van der Waals surface area contributed by atoms with E-state index in [0.717, 1.165) is 11.9 Å². The molecule has 2 heterocycles. The van der Waals surface area contributed by atoms with E-state index in [-0.39, 0.29) is 11.9 Å². The maximum Gasteiger partial charge on any atom is 0.266 e. The number of likely N-dealkylation sites (N-methyl/N-ethyl adjacent to an activating group) is 2.